The van der Waals surface area contributed by atoms with Crippen molar-refractivity contribution in [3.63, 3.8) is 0 Å². The van der Waals surface area contributed by atoms with E-state index in [-0.39, 0.29) is 119 Å². The SMILES string of the molecule is C.C.CC.O[CH-]CCO.O[CH-]CCO.[2HH].[B].[CH-]=CCO.[CH-]=O.[V].[V].[V].[V]. The van der Waals surface area contributed by atoms with Crippen molar-refractivity contribution in [3.8, 4) is 0 Å². The maximum absolute atomic E-state index is 7.88. The molecule has 25 heavy (non-hydrogen) atoms. The van der Waals surface area contributed by atoms with E-state index in [0.29, 0.717) is 12.8 Å². The van der Waals surface area contributed by atoms with Gasteiger partial charge in [-0.25, -0.2) is 19.3 Å². The van der Waals surface area contributed by atoms with Gasteiger partial charge < -0.3 is 36.9 Å². The van der Waals surface area contributed by atoms with Crippen molar-refractivity contribution in [1.29, 1.82) is 0 Å². The fourth-order valence-electron chi connectivity index (χ4n) is 0.115. The Balaban J connectivity index is -0.00000000710. The molecule has 0 heterocycles. The maximum Gasteiger partial charge on any atom is 0.0294 e. The summed E-state index contributed by atoms with van der Waals surface area (Å²) in [6, 6.07) is 0. The Bertz CT molecular complexity index is 110. The molecule has 0 atom stereocenters. The van der Waals surface area contributed by atoms with Crippen LogP contribution >= 0.6 is 0 Å². The Morgan fingerprint density at radius 1 is 0.840 bits per heavy atom. The van der Waals surface area contributed by atoms with Crippen LogP contribution in [0.5, 0.6) is 0 Å². The number of hydrogen-bond donors (Lipinski definition) is 5. The maximum atomic E-state index is 7.88. The molecular formula is C14H36BO6V4-4. The summed E-state index contributed by atoms with van der Waals surface area (Å²) in [4.78, 5) is 7.75. The van der Waals surface area contributed by atoms with Crippen LogP contribution in [0.25, 0.3) is 0 Å². The summed E-state index contributed by atoms with van der Waals surface area (Å²) in [6.45, 7) is 13.8. The van der Waals surface area contributed by atoms with Crippen molar-refractivity contribution in [2.45, 2.75) is 41.5 Å². The Morgan fingerprint density at radius 3 is 1.00 bits per heavy atom. The Morgan fingerprint density at radius 2 is 1.00 bits per heavy atom. The van der Waals surface area contributed by atoms with Crippen molar-refractivity contribution in [2.75, 3.05) is 19.8 Å². The van der Waals surface area contributed by atoms with Gasteiger partial charge in [0.25, 0.3) is 0 Å². The van der Waals surface area contributed by atoms with Crippen LogP contribution in [-0.2, 0) is 79.0 Å². The molecule has 0 aliphatic heterocycles. The van der Waals surface area contributed by atoms with Crippen LogP contribution in [0.15, 0.2) is 6.08 Å². The summed E-state index contributed by atoms with van der Waals surface area (Å²) in [5, 5.41) is 39.0. The van der Waals surface area contributed by atoms with Gasteiger partial charge in [-0.1, -0.05) is 28.7 Å². The van der Waals surface area contributed by atoms with Crippen molar-refractivity contribution >= 4 is 15.2 Å². The van der Waals surface area contributed by atoms with E-state index < -0.39 is 0 Å². The van der Waals surface area contributed by atoms with E-state index >= 15 is 0 Å². The minimum Gasteiger partial charge on any atom is -0.566 e. The predicted octanol–water partition coefficient (Wildman–Crippen LogP) is 1.65. The molecule has 11 heteroatoms. The van der Waals surface area contributed by atoms with Gasteiger partial charge in [0, 0.05) is 104 Å². The number of carbonyl (C=O) groups excluding carboxylic acids is 1. The molecule has 0 rings (SSSR count). The fraction of sp³-hybridized carbons (Fsp3) is 0.643. The average molecular weight is 516 g/mol. The molecule has 6 nitrogen and oxygen atoms in total. The Hall–Kier alpha value is 1.61. The van der Waals surface area contributed by atoms with E-state index in [1.165, 1.54) is 6.08 Å². The van der Waals surface area contributed by atoms with Crippen molar-refractivity contribution in [1.82, 2.24) is 0 Å². The van der Waals surface area contributed by atoms with Crippen LogP contribution in [0, 0.1) is 19.8 Å². The van der Waals surface area contributed by atoms with Crippen molar-refractivity contribution < 1.29 is 106 Å². The van der Waals surface area contributed by atoms with Gasteiger partial charge in [0.05, 0.1) is 0 Å². The van der Waals surface area contributed by atoms with E-state index in [0.717, 1.165) is 13.2 Å². The zero-order chi connectivity index (χ0) is 15.7. The molecule has 0 aromatic rings. The second-order valence-electron chi connectivity index (χ2n) is 1.81. The smallest absolute Gasteiger partial charge is 0.0294 e. The number of hydrogen-bond acceptors (Lipinski definition) is 6. The molecule has 0 saturated heterocycles. The average Bonchev–Trinajstić information content (AvgIpc) is 2.46. The Labute approximate surface area is 207 Å². The quantitative estimate of drug-likeness (QED) is 0.216. The summed E-state index contributed by atoms with van der Waals surface area (Å²) in [7, 11) is 0. The molecule has 0 aliphatic rings. The third kappa shape index (κ3) is 327. The molecule has 0 unspecified atom stereocenters. The molecular weight excluding hydrogens is 479 g/mol. The molecule has 0 amide bonds. The summed E-state index contributed by atoms with van der Waals surface area (Å²) >= 11 is 0. The first-order valence-electron chi connectivity index (χ1n) is 5.26. The molecule has 0 aliphatic carbocycles. The summed E-state index contributed by atoms with van der Waals surface area (Å²) in [6.07, 6.45) is 1.93. The second-order valence-corrected chi connectivity index (χ2v) is 1.81. The Kier molecular flexibility index (Phi) is 549. The topological polar surface area (TPSA) is 118 Å². The van der Waals surface area contributed by atoms with Gasteiger partial charge in [0.2, 0.25) is 0 Å². The standard InChI is InChI=1S/2C3H7O2.C3H5O.C2H6.CHO.2CH4.B.4V.H2/c2*4-2-1-3-5;1-2-3-4;2*1-2;;;;;;;;/h2*2,4-5H,1,3H2;1-2,4H,3H2;1-2H3;1H;2*1H4;;;;;;1H/q3*-1;;-1;;;;;;;;/i;;;;;;;;;;;;1+1. The van der Waals surface area contributed by atoms with Gasteiger partial charge in [-0.05, 0) is 0 Å². The minimum absolute atomic E-state index is 0. The monoisotopic (exact) mass is 516 g/mol. The summed E-state index contributed by atoms with van der Waals surface area (Å²) < 4.78 is 0. The molecule has 0 saturated carbocycles. The van der Waals surface area contributed by atoms with Crippen LogP contribution in [0.4, 0.5) is 0 Å². The number of aliphatic hydroxyl groups excluding tert-OH is 5. The van der Waals surface area contributed by atoms with Gasteiger partial charge in [-0.15, -0.1) is 12.8 Å². The molecule has 0 aromatic carbocycles. The molecule has 0 aromatic heterocycles. The van der Waals surface area contributed by atoms with E-state index in [1.807, 2.05) is 13.8 Å². The molecule has 5 N–H and O–H groups in total. The van der Waals surface area contributed by atoms with Crippen LogP contribution in [0.1, 0.15) is 43.0 Å². The van der Waals surface area contributed by atoms with Crippen LogP contribution < -0.4 is 0 Å². The van der Waals surface area contributed by atoms with Gasteiger partial charge in [-0.2, -0.15) is 0 Å². The molecule has 0 bridgehead atoms. The first kappa shape index (κ1) is 81.8. The molecule has 0 spiro atoms. The third-order valence-corrected chi connectivity index (χ3v) is 0.622. The van der Waals surface area contributed by atoms with Crippen LogP contribution in [0.2, 0.25) is 0 Å². The van der Waals surface area contributed by atoms with E-state index in [9.17, 15) is 0 Å². The van der Waals surface area contributed by atoms with Gasteiger partial charge in [-0.3, -0.25) is 6.79 Å². The number of aliphatic hydroxyl groups is 5. The zero-order valence-electron chi connectivity index (χ0n) is 13.4. The largest absolute Gasteiger partial charge is 0.566 e. The fourth-order valence-corrected chi connectivity index (χ4v) is 0.115. The number of rotatable bonds is 5. The summed E-state index contributed by atoms with van der Waals surface area (Å²) in [5.41, 5.74) is 0. The summed E-state index contributed by atoms with van der Waals surface area (Å²) in [5.74, 6) is 0. The normalized spacial score (nSPS) is 4.76. The first-order valence-corrected chi connectivity index (χ1v) is 5.26. The van der Waals surface area contributed by atoms with Crippen molar-refractivity contribution in [2.24, 2.45) is 0 Å². The van der Waals surface area contributed by atoms with E-state index in [1.54, 1.807) is 0 Å². The van der Waals surface area contributed by atoms with E-state index in [4.69, 9.17) is 30.3 Å². The molecule has 155 valence electrons. The zero-order valence-corrected chi connectivity index (χ0v) is 19.0. The predicted molar refractivity (Wildman–Crippen MR) is 91.3 cm³/mol. The van der Waals surface area contributed by atoms with Gasteiger partial charge >= 0.3 is 0 Å². The van der Waals surface area contributed by atoms with Crippen molar-refractivity contribution in [3.05, 3.63) is 25.9 Å². The van der Waals surface area contributed by atoms with Crippen LogP contribution in [-0.4, -0.2) is 60.6 Å². The molecule has 7 radical (unpaired) electrons. The molecule has 0 fully saturated rings. The van der Waals surface area contributed by atoms with Gasteiger partial charge in [0.15, 0.2) is 0 Å². The second kappa shape index (κ2) is 168. The first-order chi connectivity index (χ1) is 8.74. The van der Waals surface area contributed by atoms with E-state index in [2.05, 4.69) is 13.4 Å². The van der Waals surface area contributed by atoms with Gasteiger partial charge in [0.1, 0.15) is 0 Å². The minimum atomic E-state index is -0.0278. The third-order valence-electron chi connectivity index (χ3n) is 0.622. The van der Waals surface area contributed by atoms with Crippen LogP contribution in [0.3, 0.4) is 0 Å².